The Morgan fingerprint density at radius 1 is 1.41 bits per heavy atom. The van der Waals surface area contributed by atoms with Crippen molar-refractivity contribution >= 4 is 0 Å². The van der Waals surface area contributed by atoms with Gasteiger partial charge in [0.15, 0.2) is 0 Å². The van der Waals surface area contributed by atoms with E-state index >= 15 is 0 Å². The molecule has 0 saturated heterocycles. The van der Waals surface area contributed by atoms with Crippen LogP contribution in [0, 0.1) is 11.3 Å². The molecular formula is C20H30N2. The van der Waals surface area contributed by atoms with Gasteiger partial charge in [-0.05, 0) is 57.6 Å². The second-order valence-electron chi connectivity index (χ2n) is 6.70. The topological polar surface area (TPSA) is 38.0 Å². The van der Waals surface area contributed by atoms with E-state index in [0.717, 1.165) is 37.9 Å². The number of allylic oxidation sites excluding steroid dienone is 7. The fourth-order valence-electron chi connectivity index (χ4n) is 3.18. The van der Waals surface area contributed by atoms with Crippen LogP contribution in [0.15, 0.2) is 60.4 Å². The summed E-state index contributed by atoms with van der Waals surface area (Å²) in [5, 5.41) is 3.67. The van der Waals surface area contributed by atoms with Gasteiger partial charge in [0.2, 0.25) is 0 Å². The summed E-state index contributed by atoms with van der Waals surface area (Å²) in [6.45, 7) is 9.48. The normalized spacial score (nSPS) is 24.6. The number of hydrogen-bond donors (Lipinski definition) is 2. The van der Waals surface area contributed by atoms with Gasteiger partial charge in [-0.2, -0.15) is 0 Å². The number of nitrogens with two attached hydrogens (primary N) is 1. The Morgan fingerprint density at radius 3 is 2.82 bits per heavy atom. The van der Waals surface area contributed by atoms with Gasteiger partial charge in [0.25, 0.3) is 0 Å². The minimum atomic E-state index is -0.133. The molecule has 2 nitrogen and oxygen atoms in total. The first-order valence-electron chi connectivity index (χ1n) is 8.43. The summed E-state index contributed by atoms with van der Waals surface area (Å²) in [5.41, 5.74) is 8.10. The molecule has 0 heterocycles. The summed E-state index contributed by atoms with van der Waals surface area (Å²) >= 11 is 0. The van der Waals surface area contributed by atoms with Crippen molar-refractivity contribution < 1.29 is 0 Å². The summed E-state index contributed by atoms with van der Waals surface area (Å²) in [6.07, 6.45) is 19.9. The molecule has 0 saturated carbocycles. The molecule has 0 bridgehead atoms. The molecule has 2 rings (SSSR count). The maximum absolute atomic E-state index is 6.14. The van der Waals surface area contributed by atoms with Crippen molar-refractivity contribution in [3.63, 3.8) is 0 Å². The van der Waals surface area contributed by atoms with E-state index in [9.17, 15) is 0 Å². The van der Waals surface area contributed by atoms with Crippen LogP contribution in [0.4, 0.5) is 0 Å². The van der Waals surface area contributed by atoms with Gasteiger partial charge in [0.1, 0.15) is 0 Å². The molecule has 120 valence electrons. The largest absolute Gasteiger partial charge is 0.402 e. The quantitative estimate of drug-likeness (QED) is 0.737. The SMILES string of the molecule is C=C(N)C(C)(CCNC(C)C1C=CC=CC1)C1=CCCC=C1. The summed E-state index contributed by atoms with van der Waals surface area (Å²) in [7, 11) is 0. The van der Waals surface area contributed by atoms with E-state index < -0.39 is 0 Å². The molecule has 0 radical (unpaired) electrons. The van der Waals surface area contributed by atoms with Crippen LogP contribution in [0.25, 0.3) is 0 Å². The molecule has 2 heteroatoms. The fraction of sp³-hybridized carbons (Fsp3) is 0.500. The number of nitrogens with one attached hydrogen (secondary N) is 1. The minimum Gasteiger partial charge on any atom is -0.402 e. The first-order valence-corrected chi connectivity index (χ1v) is 8.43. The van der Waals surface area contributed by atoms with Crippen LogP contribution in [-0.2, 0) is 0 Å². The van der Waals surface area contributed by atoms with Crippen molar-refractivity contribution in [2.24, 2.45) is 17.1 Å². The van der Waals surface area contributed by atoms with E-state index in [4.69, 9.17) is 5.73 Å². The van der Waals surface area contributed by atoms with Gasteiger partial charge in [0, 0.05) is 17.2 Å². The second kappa shape index (κ2) is 7.64. The first kappa shape index (κ1) is 16.8. The molecule has 0 aromatic carbocycles. The van der Waals surface area contributed by atoms with Crippen molar-refractivity contribution in [3.8, 4) is 0 Å². The highest BCUT2D eigenvalue weighted by molar-refractivity contribution is 5.35. The Labute approximate surface area is 135 Å². The van der Waals surface area contributed by atoms with Gasteiger partial charge < -0.3 is 11.1 Å². The van der Waals surface area contributed by atoms with Crippen molar-refractivity contribution in [3.05, 3.63) is 60.4 Å². The molecule has 0 aromatic heterocycles. The minimum absolute atomic E-state index is 0.133. The number of rotatable bonds is 7. The average molecular weight is 298 g/mol. The van der Waals surface area contributed by atoms with Gasteiger partial charge in [-0.25, -0.2) is 0 Å². The third kappa shape index (κ3) is 4.01. The van der Waals surface area contributed by atoms with Crippen LogP contribution >= 0.6 is 0 Å². The molecule has 3 atom stereocenters. The highest BCUT2D eigenvalue weighted by atomic mass is 14.9. The van der Waals surface area contributed by atoms with Gasteiger partial charge in [-0.1, -0.05) is 49.1 Å². The lowest BCUT2D eigenvalue weighted by Gasteiger charge is -2.33. The molecule has 0 spiro atoms. The highest BCUT2D eigenvalue weighted by Gasteiger charge is 2.30. The third-order valence-electron chi connectivity index (χ3n) is 5.09. The summed E-state index contributed by atoms with van der Waals surface area (Å²) in [5.74, 6) is 0.589. The predicted molar refractivity (Wildman–Crippen MR) is 96.4 cm³/mol. The van der Waals surface area contributed by atoms with Crippen LogP contribution in [0.5, 0.6) is 0 Å². The van der Waals surface area contributed by atoms with Crippen molar-refractivity contribution in [2.75, 3.05) is 6.54 Å². The molecule has 0 fully saturated rings. The maximum atomic E-state index is 6.14. The van der Waals surface area contributed by atoms with E-state index in [0.29, 0.717) is 12.0 Å². The Kier molecular flexibility index (Phi) is 5.84. The predicted octanol–water partition coefficient (Wildman–Crippen LogP) is 4.24. The monoisotopic (exact) mass is 298 g/mol. The van der Waals surface area contributed by atoms with Crippen LogP contribution in [0.1, 0.15) is 39.5 Å². The molecule has 3 N–H and O–H groups in total. The number of hydrogen-bond acceptors (Lipinski definition) is 2. The van der Waals surface area contributed by atoms with Crippen molar-refractivity contribution in [2.45, 2.75) is 45.6 Å². The zero-order valence-corrected chi connectivity index (χ0v) is 14.0. The van der Waals surface area contributed by atoms with Crippen LogP contribution in [-0.4, -0.2) is 12.6 Å². The van der Waals surface area contributed by atoms with Gasteiger partial charge >= 0.3 is 0 Å². The molecule has 22 heavy (non-hydrogen) atoms. The molecule has 0 aliphatic heterocycles. The lowest BCUT2D eigenvalue weighted by atomic mass is 9.75. The second-order valence-corrected chi connectivity index (χ2v) is 6.70. The summed E-state index contributed by atoms with van der Waals surface area (Å²) < 4.78 is 0. The van der Waals surface area contributed by atoms with Gasteiger partial charge in [0.05, 0.1) is 0 Å². The van der Waals surface area contributed by atoms with Gasteiger partial charge in [-0.3, -0.25) is 0 Å². The Hall–Kier alpha value is -1.54. The Bertz CT molecular complexity index is 510. The molecule has 0 amide bonds. The van der Waals surface area contributed by atoms with Crippen LogP contribution in [0.3, 0.4) is 0 Å². The average Bonchev–Trinajstić information content (AvgIpc) is 2.56. The van der Waals surface area contributed by atoms with Crippen molar-refractivity contribution in [1.82, 2.24) is 5.32 Å². The highest BCUT2D eigenvalue weighted by Crippen LogP contribution is 2.38. The molecule has 0 aromatic rings. The Morgan fingerprint density at radius 2 is 2.23 bits per heavy atom. The van der Waals surface area contributed by atoms with E-state index in [-0.39, 0.29) is 5.41 Å². The third-order valence-corrected chi connectivity index (χ3v) is 5.09. The van der Waals surface area contributed by atoms with E-state index in [2.05, 4.69) is 68.3 Å². The fourth-order valence-corrected chi connectivity index (χ4v) is 3.18. The van der Waals surface area contributed by atoms with E-state index in [1.165, 1.54) is 5.57 Å². The lowest BCUT2D eigenvalue weighted by Crippen LogP contribution is -2.37. The zero-order chi connectivity index (χ0) is 16.0. The Balaban J connectivity index is 1.90. The van der Waals surface area contributed by atoms with E-state index in [1.54, 1.807) is 0 Å². The van der Waals surface area contributed by atoms with E-state index in [1.807, 2.05) is 0 Å². The molecule has 2 aliphatic carbocycles. The standard InChI is InChI=1S/C20H30N2/c1-16(18-10-6-4-7-11-18)22-15-14-20(3,17(2)21)19-12-8-5-9-13-19/h4,6-8,10,12-13,16,18,22H,2,5,9,11,14-15,21H2,1,3H3. The van der Waals surface area contributed by atoms with Crippen LogP contribution in [0.2, 0.25) is 0 Å². The molecular weight excluding hydrogens is 268 g/mol. The summed E-state index contributed by atoms with van der Waals surface area (Å²) in [6, 6.07) is 0.479. The molecule has 2 aliphatic rings. The smallest absolute Gasteiger partial charge is 0.0322 e. The van der Waals surface area contributed by atoms with Gasteiger partial charge in [-0.15, -0.1) is 0 Å². The molecule has 3 unspecified atom stereocenters. The zero-order valence-electron chi connectivity index (χ0n) is 14.0. The maximum Gasteiger partial charge on any atom is 0.0322 e. The first-order chi connectivity index (χ1) is 10.5. The van der Waals surface area contributed by atoms with Crippen molar-refractivity contribution in [1.29, 1.82) is 0 Å². The van der Waals surface area contributed by atoms with Crippen LogP contribution < -0.4 is 11.1 Å². The summed E-state index contributed by atoms with van der Waals surface area (Å²) in [4.78, 5) is 0. The lowest BCUT2D eigenvalue weighted by molar-refractivity contribution is 0.376.